The van der Waals surface area contributed by atoms with Crippen LogP contribution in [0.25, 0.3) is 0 Å². The van der Waals surface area contributed by atoms with E-state index < -0.39 is 9.84 Å². The summed E-state index contributed by atoms with van der Waals surface area (Å²) in [5, 5.41) is 0. The molecule has 1 fully saturated rings. The second-order valence-electron chi connectivity index (χ2n) is 4.88. The molecule has 2 atom stereocenters. The molecule has 2 N–H and O–H groups in total. The van der Waals surface area contributed by atoms with E-state index in [-0.39, 0.29) is 18.4 Å². The quantitative estimate of drug-likeness (QED) is 0.815. The van der Waals surface area contributed by atoms with E-state index in [1.54, 1.807) is 0 Å². The summed E-state index contributed by atoms with van der Waals surface area (Å²) in [5.74, 6) is 1.08. The first-order chi connectivity index (χ1) is 7.44. The molecule has 0 radical (unpaired) electrons. The number of hydrogen-bond donors (Lipinski definition) is 1. The van der Waals surface area contributed by atoms with Crippen molar-refractivity contribution in [1.29, 1.82) is 0 Å². The topological polar surface area (TPSA) is 63.4 Å². The zero-order chi connectivity index (χ0) is 12.2. The van der Waals surface area contributed by atoms with Gasteiger partial charge in [0, 0.05) is 24.9 Å². The van der Waals surface area contributed by atoms with Crippen LogP contribution in [-0.2, 0) is 9.84 Å². The van der Waals surface area contributed by atoms with Gasteiger partial charge in [0.05, 0.1) is 5.75 Å². The summed E-state index contributed by atoms with van der Waals surface area (Å²) in [6.07, 6.45) is 1.69. The summed E-state index contributed by atoms with van der Waals surface area (Å²) in [4.78, 5) is 2.22. The van der Waals surface area contributed by atoms with E-state index in [2.05, 4.69) is 11.8 Å². The summed E-state index contributed by atoms with van der Waals surface area (Å²) in [7, 11) is -2.83. The van der Waals surface area contributed by atoms with Gasteiger partial charge in [-0.25, -0.2) is 8.42 Å². The average molecular weight is 285 g/mol. The average Bonchev–Trinajstić information content (AvgIpc) is 2.20. The molecular formula is C11H25ClN2O2S. The first-order valence-electron chi connectivity index (χ1n) is 6.13. The van der Waals surface area contributed by atoms with Gasteiger partial charge < -0.3 is 10.6 Å². The largest absolute Gasteiger partial charge is 0.327 e. The Kier molecular flexibility index (Phi) is 7.63. The maximum atomic E-state index is 11.6. The molecular weight excluding hydrogens is 260 g/mol. The van der Waals surface area contributed by atoms with Crippen LogP contribution in [0, 0.1) is 5.92 Å². The Labute approximate surface area is 111 Å². The normalized spacial score (nSPS) is 26.5. The molecule has 0 aromatic rings. The Morgan fingerprint density at radius 1 is 1.35 bits per heavy atom. The minimum absolute atomic E-state index is 0. The van der Waals surface area contributed by atoms with Gasteiger partial charge >= 0.3 is 0 Å². The molecule has 0 bridgehead atoms. The lowest BCUT2D eigenvalue weighted by Gasteiger charge is -2.34. The molecule has 0 aromatic carbocycles. The summed E-state index contributed by atoms with van der Waals surface area (Å²) in [5.41, 5.74) is 5.93. The van der Waals surface area contributed by atoms with Crippen molar-refractivity contribution in [3.63, 3.8) is 0 Å². The van der Waals surface area contributed by atoms with Gasteiger partial charge in [-0.2, -0.15) is 0 Å². The fourth-order valence-corrected chi connectivity index (χ4v) is 3.50. The van der Waals surface area contributed by atoms with E-state index in [1.165, 1.54) is 0 Å². The van der Waals surface area contributed by atoms with E-state index in [1.807, 2.05) is 6.92 Å². The van der Waals surface area contributed by atoms with E-state index in [0.29, 0.717) is 30.4 Å². The molecule has 1 saturated heterocycles. The first kappa shape index (κ1) is 17.2. The zero-order valence-corrected chi connectivity index (χ0v) is 12.4. The van der Waals surface area contributed by atoms with Gasteiger partial charge in [-0.3, -0.25) is 0 Å². The number of halogens is 1. The van der Waals surface area contributed by atoms with Crippen molar-refractivity contribution in [2.75, 3.05) is 31.1 Å². The second kappa shape index (κ2) is 7.56. The Morgan fingerprint density at radius 2 is 2.00 bits per heavy atom. The van der Waals surface area contributed by atoms with Crippen LogP contribution < -0.4 is 5.73 Å². The van der Waals surface area contributed by atoms with Crippen LogP contribution in [0.2, 0.25) is 0 Å². The highest BCUT2D eigenvalue weighted by molar-refractivity contribution is 7.91. The van der Waals surface area contributed by atoms with Crippen molar-refractivity contribution in [2.45, 2.75) is 32.7 Å². The molecule has 4 nitrogen and oxygen atoms in total. The molecule has 6 heteroatoms. The molecule has 1 rings (SSSR count). The predicted molar refractivity (Wildman–Crippen MR) is 74.4 cm³/mol. The van der Waals surface area contributed by atoms with Gasteiger partial charge in [-0.15, -0.1) is 12.4 Å². The molecule has 0 aromatic heterocycles. The van der Waals surface area contributed by atoms with Crippen molar-refractivity contribution >= 4 is 22.2 Å². The molecule has 1 aliphatic heterocycles. The van der Waals surface area contributed by atoms with Gasteiger partial charge in [-0.1, -0.05) is 13.8 Å². The summed E-state index contributed by atoms with van der Waals surface area (Å²) in [6.45, 7) is 6.58. The minimum Gasteiger partial charge on any atom is -0.327 e. The maximum Gasteiger partial charge on any atom is 0.151 e. The van der Waals surface area contributed by atoms with Crippen LogP contribution in [0.5, 0.6) is 0 Å². The second-order valence-corrected chi connectivity index (χ2v) is 7.19. The maximum absolute atomic E-state index is 11.6. The molecule has 17 heavy (non-hydrogen) atoms. The van der Waals surface area contributed by atoms with E-state index in [4.69, 9.17) is 5.73 Å². The van der Waals surface area contributed by atoms with Gasteiger partial charge in [0.15, 0.2) is 9.84 Å². The van der Waals surface area contributed by atoms with Crippen LogP contribution in [-0.4, -0.2) is 50.5 Å². The van der Waals surface area contributed by atoms with Crippen molar-refractivity contribution in [3.05, 3.63) is 0 Å². The lowest BCUT2D eigenvalue weighted by atomic mass is 9.95. The zero-order valence-electron chi connectivity index (χ0n) is 10.8. The fourth-order valence-electron chi connectivity index (χ4n) is 2.13. The Hall–Kier alpha value is 0.160. The van der Waals surface area contributed by atoms with Gasteiger partial charge in [0.2, 0.25) is 0 Å². The molecule has 0 saturated carbocycles. The summed E-state index contributed by atoms with van der Waals surface area (Å²) in [6, 6.07) is 0.281. The summed E-state index contributed by atoms with van der Waals surface area (Å²) < 4.78 is 23.1. The molecule has 0 amide bonds. The van der Waals surface area contributed by atoms with Gasteiger partial charge in [0.1, 0.15) is 0 Å². The molecule has 0 aliphatic carbocycles. The van der Waals surface area contributed by atoms with Crippen LogP contribution in [0.4, 0.5) is 0 Å². The number of piperidine rings is 1. The van der Waals surface area contributed by atoms with Crippen molar-refractivity contribution in [3.8, 4) is 0 Å². The number of nitrogens with zero attached hydrogens (tertiary/aromatic N) is 1. The highest BCUT2D eigenvalue weighted by Crippen LogP contribution is 2.14. The lowest BCUT2D eigenvalue weighted by Crippen LogP contribution is -2.47. The molecule has 1 aliphatic rings. The number of sulfone groups is 1. The van der Waals surface area contributed by atoms with E-state index >= 15 is 0 Å². The fraction of sp³-hybridized carbons (Fsp3) is 1.00. The van der Waals surface area contributed by atoms with Crippen molar-refractivity contribution < 1.29 is 8.42 Å². The van der Waals surface area contributed by atoms with Gasteiger partial charge in [-0.05, 0) is 25.3 Å². The van der Waals surface area contributed by atoms with E-state index in [0.717, 1.165) is 19.5 Å². The monoisotopic (exact) mass is 284 g/mol. The summed E-state index contributed by atoms with van der Waals surface area (Å²) >= 11 is 0. The molecule has 2 unspecified atom stereocenters. The van der Waals surface area contributed by atoms with Crippen LogP contribution >= 0.6 is 12.4 Å². The third-order valence-electron chi connectivity index (χ3n) is 3.29. The minimum atomic E-state index is -2.83. The Morgan fingerprint density at radius 3 is 2.53 bits per heavy atom. The number of likely N-dealkylation sites (tertiary alicyclic amines) is 1. The number of hydrogen-bond acceptors (Lipinski definition) is 4. The van der Waals surface area contributed by atoms with Crippen molar-refractivity contribution in [2.24, 2.45) is 11.7 Å². The standard InChI is InChI=1S/C11H24N2O2S.ClH/c1-3-7-16(14,15)8-6-13-5-4-11(12)10(2)9-13;/h10-11H,3-9,12H2,1-2H3;1H. The van der Waals surface area contributed by atoms with Crippen molar-refractivity contribution in [1.82, 2.24) is 4.90 Å². The third-order valence-corrected chi connectivity index (χ3v) is 5.12. The number of rotatable bonds is 5. The number of nitrogens with two attached hydrogens (primary N) is 1. The predicted octanol–water partition coefficient (Wildman–Crippen LogP) is 0.902. The highest BCUT2D eigenvalue weighted by Gasteiger charge is 2.23. The van der Waals surface area contributed by atoms with Crippen LogP contribution in [0.1, 0.15) is 26.7 Å². The van der Waals surface area contributed by atoms with Crippen LogP contribution in [0.15, 0.2) is 0 Å². The Balaban J connectivity index is 0.00000256. The molecule has 0 spiro atoms. The smallest absolute Gasteiger partial charge is 0.151 e. The molecule has 1 heterocycles. The molecule has 104 valence electrons. The van der Waals surface area contributed by atoms with E-state index in [9.17, 15) is 8.42 Å². The first-order valence-corrected chi connectivity index (χ1v) is 7.95. The Bertz CT molecular complexity index is 309. The lowest BCUT2D eigenvalue weighted by molar-refractivity contribution is 0.173. The van der Waals surface area contributed by atoms with Crippen LogP contribution in [0.3, 0.4) is 0 Å². The van der Waals surface area contributed by atoms with Gasteiger partial charge in [0.25, 0.3) is 0 Å². The highest BCUT2D eigenvalue weighted by atomic mass is 35.5. The third kappa shape index (κ3) is 6.04. The SMILES string of the molecule is CCCS(=O)(=O)CCN1CCC(N)C(C)C1.Cl.